The first-order valence-electron chi connectivity index (χ1n) is 3.95. The second kappa shape index (κ2) is 4.64. The molecule has 0 saturated carbocycles. The van der Waals surface area contributed by atoms with Crippen LogP contribution in [0, 0.1) is 0 Å². The average Bonchev–Trinajstić information content (AvgIpc) is 2.06. The van der Waals surface area contributed by atoms with Crippen LogP contribution >= 0.6 is 0 Å². The van der Waals surface area contributed by atoms with Gasteiger partial charge in [0.15, 0.2) is 0 Å². The Hall–Kier alpha value is -0.190. The lowest BCUT2D eigenvalue weighted by Crippen LogP contribution is -2.37. The summed E-state index contributed by atoms with van der Waals surface area (Å²) in [7, 11) is 0. The highest BCUT2D eigenvalue weighted by Crippen LogP contribution is 2.06. The molecule has 1 rings (SSSR count). The van der Waals surface area contributed by atoms with E-state index in [-0.39, 0.29) is 6.54 Å². The summed E-state index contributed by atoms with van der Waals surface area (Å²) in [5, 5.41) is 10.5. The van der Waals surface area contributed by atoms with Crippen LogP contribution < -0.4 is 0 Å². The second-order valence-electron chi connectivity index (χ2n) is 2.74. The molecule has 3 nitrogen and oxygen atoms in total. The van der Waals surface area contributed by atoms with Crippen LogP contribution in [0.3, 0.4) is 0 Å². The highest BCUT2D eigenvalue weighted by Gasteiger charge is 2.14. The van der Waals surface area contributed by atoms with Gasteiger partial charge >= 0.3 is 0 Å². The van der Waals surface area contributed by atoms with Gasteiger partial charge in [0.2, 0.25) is 0 Å². The monoisotopic (exact) mass is 163 g/mol. The molecule has 4 heteroatoms. The molecule has 1 atom stereocenters. The third-order valence-electron chi connectivity index (χ3n) is 1.67. The number of rotatable bonds is 3. The number of aliphatic hydroxyl groups is 1. The zero-order valence-corrected chi connectivity index (χ0v) is 6.50. The Morgan fingerprint density at radius 2 is 2.36 bits per heavy atom. The number of β-amino-alcohol motifs (C(OH)–C–C–N with tert-alkyl or cyclic N) is 1. The molecule has 0 bridgehead atoms. The summed E-state index contributed by atoms with van der Waals surface area (Å²) in [5.74, 6) is 0. The Morgan fingerprint density at radius 3 is 2.91 bits per heavy atom. The number of nitrogens with zero attached hydrogens (tertiary/aromatic N) is 1. The summed E-state index contributed by atoms with van der Waals surface area (Å²) in [4.78, 5) is 5.16. The van der Waals surface area contributed by atoms with Crippen molar-refractivity contribution < 1.29 is 14.3 Å². The van der Waals surface area contributed by atoms with Gasteiger partial charge in [-0.2, -0.15) is 5.06 Å². The highest BCUT2D eigenvalue weighted by atomic mass is 19.1. The van der Waals surface area contributed by atoms with E-state index in [9.17, 15) is 4.39 Å². The van der Waals surface area contributed by atoms with Crippen molar-refractivity contribution in [1.82, 2.24) is 5.06 Å². The summed E-state index contributed by atoms with van der Waals surface area (Å²) in [6, 6.07) is 0. The smallest absolute Gasteiger partial charge is 0.117 e. The van der Waals surface area contributed by atoms with E-state index in [1.54, 1.807) is 5.06 Å². The van der Waals surface area contributed by atoms with Gasteiger partial charge < -0.3 is 5.11 Å². The molecule has 1 unspecified atom stereocenters. The molecule has 0 aromatic rings. The Bertz CT molecular complexity index is 107. The molecule has 1 saturated heterocycles. The van der Waals surface area contributed by atoms with Crippen molar-refractivity contribution >= 4 is 0 Å². The summed E-state index contributed by atoms with van der Waals surface area (Å²) >= 11 is 0. The Balaban J connectivity index is 2.13. The quantitative estimate of drug-likeness (QED) is 0.651. The second-order valence-corrected chi connectivity index (χ2v) is 2.74. The Kier molecular flexibility index (Phi) is 3.76. The standard InChI is InChI=1S/C7H14FNO2/c8-5-7(10)6-9-3-1-2-4-11-9/h7,10H,1-6H2. The minimum Gasteiger partial charge on any atom is -0.389 e. The third-order valence-corrected chi connectivity index (χ3v) is 1.67. The van der Waals surface area contributed by atoms with E-state index >= 15 is 0 Å². The summed E-state index contributed by atoms with van der Waals surface area (Å²) in [5.41, 5.74) is 0. The first kappa shape index (κ1) is 8.90. The van der Waals surface area contributed by atoms with Crippen molar-refractivity contribution in [3.8, 4) is 0 Å². The maximum atomic E-state index is 11.8. The molecule has 0 radical (unpaired) electrons. The SMILES string of the molecule is OC(CF)CN1CCCCO1. The van der Waals surface area contributed by atoms with Gasteiger partial charge in [0, 0.05) is 6.54 Å². The van der Waals surface area contributed by atoms with Crippen molar-refractivity contribution in [3.63, 3.8) is 0 Å². The molecule has 1 fully saturated rings. The number of hydrogen-bond acceptors (Lipinski definition) is 3. The van der Waals surface area contributed by atoms with Crippen molar-refractivity contribution in [2.45, 2.75) is 18.9 Å². The van der Waals surface area contributed by atoms with Gasteiger partial charge in [-0.15, -0.1) is 0 Å². The molecule has 0 aliphatic carbocycles. The van der Waals surface area contributed by atoms with E-state index in [0.717, 1.165) is 19.4 Å². The average molecular weight is 163 g/mol. The van der Waals surface area contributed by atoms with Gasteiger partial charge in [-0.05, 0) is 12.8 Å². The third kappa shape index (κ3) is 3.14. The minimum atomic E-state index is -0.895. The number of aliphatic hydroxyl groups excluding tert-OH is 1. The van der Waals surface area contributed by atoms with Crippen LogP contribution in [0.2, 0.25) is 0 Å². The van der Waals surface area contributed by atoms with Gasteiger partial charge in [-0.1, -0.05) is 0 Å². The fourth-order valence-corrected chi connectivity index (χ4v) is 1.08. The molecule has 1 aliphatic rings. The van der Waals surface area contributed by atoms with Crippen molar-refractivity contribution in [1.29, 1.82) is 0 Å². The van der Waals surface area contributed by atoms with Gasteiger partial charge in [-0.25, -0.2) is 4.39 Å². The van der Waals surface area contributed by atoms with Crippen LogP contribution in [0.25, 0.3) is 0 Å². The van der Waals surface area contributed by atoms with Crippen molar-refractivity contribution in [2.24, 2.45) is 0 Å². The van der Waals surface area contributed by atoms with E-state index in [2.05, 4.69) is 0 Å². The Labute approximate surface area is 65.7 Å². The summed E-state index contributed by atoms with van der Waals surface area (Å²) in [6.45, 7) is 1.09. The number of hydroxylamine groups is 2. The number of halogens is 1. The lowest BCUT2D eigenvalue weighted by atomic mass is 10.3. The molecule has 11 heavy (non-hydrogen) atoms. The minimum absolute atomic E-state index is 0.288. The van der Waals surface area contributed by atoms with Gasteiger partial charge in [-0.3, -0.25) is 4.84 Å². The van der Waals surface area contributed by atoms with Gasteiger partial charge in [0.05, 0.1) is 19.3 Å². The van der Waals surface area contributed by atoms with Crippen LogP contribution in [-0.2, 0) is 4.84 Å². The topological polar surface area (TPSA) is 32.7 Å². The van der Waals surface area contributed by atoms with Crippen molar-refractivity contribution in [3.05, 3.63) is 0 Å². The lowest BCUT2D eigenvalue weighted by Gasteiger charge is -2.26. The van der Waals surface area contributed by atoms with E-state index in [0.29, 0.717) is 6.61 Å². The van der Waals surface area contributed by atoms with Gasteiger partial charge in [0.1, 0.15) is 6.67 Å². The first-order valence-corrected chi connectivity index (χ1v) is 3.95. The van der Waals surface area contributed by atoms with E-state index in [1.165, 1.54) is 0 Å². The molecular weight excluding hydrogens is 149 g/mol. The Morgan fingerprint density at radius 1 is 1.55 bits per heavy atom. The molecule has 1 N–H and O–H groups in total. The molecule has 66 valence electrons. The summed E-state index contributed by atoms with van der Waals surface area (Å²) < 4.78 is 11.8. The van der Waals surface area contributed by atoms with Crippen LogP contribution in [-0.4, -0.2) is 42.6 Å². The van der Waals surface area contributed by atoms with Crippen LogP contribution in [0.15, 0.2) is 0 Å². The van der Waals surface area contributed by atoms with Crippen LogP contribution in [0.5, 0.6) is 0 Å². The molecule has 0 aromatic carbocycles. The van der Waals surface area contributed by atoms with Crippen LogP contribution in [0.1, 0.15) is 12.8 Å². The predicted molar refractivity (Wildman–Crippen MR) is 38.7 cm³/mol. The number of alkyl halides is 1. The molecule has 1 heterocycles. The normalized spacial score (nSPS) is 23.5. The molecule has 1 aliphatic heterocycles. The van der Waals surface area contributed by atoms with E-state index < -0.39 is 12.8 Å². The van der Waals surface area contributed by atoms with Crippen molar-refractivity contribution in [2.75, 3.05) is 26.4 Å². The zero-order valence-electron chi connectivity index (χ0n) is 6.50. The maximum Gasteiger partial charge on any atom is 0.117 e. The van der Waals surface area contributed by atoms with Gasteiger partial charge in [0.25, 0.3) is 0 Å². The first-order chi connectivity index (χ1) is 5.33. The highest BCUT2D eigenvalue weighted by molar-refractivity contribution is 4.59. The lowest BCUT2D eigenvalue weighted by molar-refractivity contribution is -0.193. The largest absolute Gasteiger partial charge is 0.389 e. The molecular formula is C7H14FNO2. The van der Waals surface area contributed by atoms with E-state index in [4.69, 9.17) is 9.94 Å². The predicted octanol–water partition coefficient (Wildman–Crippen LogP) is 0.344. The summed E-state index contributed by atoms with van der Waals surface area (Å²) in [6.07, 6.45) is 1.23. The maximum absolute atomic E-state index is 11.8. The van der Waals surface area contributed by atoms with E-state index in [1.807, 2.05) is 0 Å². The molecule has 0 amide bonds. The molecule has 0 aromatic heterocycles. The molecule has 0 spiro atoms. The zero-order chi connectivity index (χ0) is 8.10. The fraction of sp³-hybridized carbons (Fsp3) is 1.00. The number of hydrogen-bond donors (Lipinski definition) is 1. The van der Waals surface area contributed by atoms with Crippen LogP contribution in [0.4, 0.5) is 4.39 Å². The fourth-order valence-electron chi connectivity index (χ4n) is 1.08.